The van der Waals surface area contributed by atoms with Gasteiger partial charge in [0.05, 0.1) is 0 Å². The summed E-state index contributed by atoms with van der Waals surface area (Å²) >= 11 is 0. The molecule has 0 bridgehead atoms. The van der Waals surface area contributed by atoms with Crippen molar-refractivity contribution < 1.29 is 14.0 Å². The number of nitrogens with one attached hydrogen (secondary N) is 1. The average Bonchev–Trinajstić information content (AvgIpc) is 2.59. The highest BCUT2D eigenvalue weighted by Crippen LogP contribution is 2.23. The lowest BCUT2D eigenvalue weighted by Crippen LogP contribution is -2.31. The quantitative estimate of drug-likeness (QED) is 0.814. The zero-order chi connectivity index (χ0) is 20.0. The molecule has 27 heavy (non-hydrogen) atoms. The number of hydrogen-bond acceptors (Lipinski definition) is 2. The molecule has 0 spiro atoms. The first-order valence-corrected chi connectivity index (χ1v) is 9.05. The van der Waals surface area contributed by atoms with Gasteiger partial charge in [-0.2, -0.15) is 0 Å². The van der Waals surface area contributed by atoms with Crippen LogP contribution in [0.3, 0.4) is 0 Å². The molecule has 0 heterocycles. The van der Waals surface area contributed by atoms with Crippen molar-refractivity contribution in [3.63, 3.8) is 0 Å². The Balaban J connectivity index is 1.90. The molecule has 1 N–H and O–H groups in total. The summed E-state index contributed by atoms with van der Waals surface area (Å²) in [6, 6.07) is 13.8. The summed E-state index contributed by atoms with van der Waals surface area (Å²) in [4.78, 5) is 25.6. The van der Waals surface area contributed by atoms with Crippen LogP contribution in [0.25, 0.3) is 0 Å². The van der Waals surface area contributed by atoms with Gasteiger partial charge in [0, 0.05) is 32.1 Å². The average molecular weight is 370 g/mol. The zero-order valence-corrected chi connectivity index (χ0v) is 16.4. The number of anilines is 1. The van der Waals surface area contributed by atoms with Crippen molar-refractivity contribution in [3.05, 3.63) is 65.5 Å². The van der Waals surface area contributed by atoms with Crippen LogP contribution in [-0.2, 0) is 21.5 Å². The van der Waals surface area contributed by atoms with Gasteiger partial charge in [0.1, 0.15) is 5.82 Å². The van der Waals surface area contributed by atoms with Gasteiger partial charge in [-0.25, -0.2) is 4.39 Å². The Morgan fingerprint density at radius 1 is 1.00 bits per heavy atom. The molecular weight excluding hydrogens is 343 g/mol. The highest BCUT2D eigenvalue weighted by atomic mass is 19.1. The molecule has 2 aromatic rings. The SMILES string of the molecule is CC(=O)N(CCC(=O)Nc1ccc(C(C)(C)C)cc1)Cc1ccc(F)cc1. The molecule has 0 aliphatic rings. The van der Waals surface area contributed by atoms with E-state index >= 15 is 0 Å². The van der Waals surface area contributed by atoms with Crippen molar-refractivity contribution in [3.8, 4) is 0 Å². The van der Waals surface area contributed by atoms with Crippen molar-refractivity contribution in [1.29, 1.82) is 0 Å². The van der Waals surface area contributed by atoms with Crippen LogP contribution in [-0.4, -0.2) is 23.3 Å². The molecule has 0 saturated carbocycles. The molecule has 2 amide bonds. The van der Waals surface area contributed by atoms with Crippen LogP contribution >= 0.6 is 0 Å². The second-order valence-corrected chi connectivity index (χ2v) is 7.69. The van der Waals surface area contributed by atoms with Crippen LogP contribution in [0.5, 0.6) is 0 Å². The molecule has 2 aromatic carbocycles. The van der Waals surface area contributed by atoms with E-state index in [4.69, 9.17) is 0 Å². The van der Waals surface area contributed by atoms with E-state index in [1.54, 1.807) is 17.0 Å². The van der Waals surface area contributed by atoms with Crippen molar-refractivity contribution in [2.24, 2.45) is 0 Å². The van der Waals surface area contributed by atoms with Crippen molar-refractivity contribution in [2.75, 3.05) is 11.9 Å². The predicted molar refractivity (Wildman–Crippen MR) is 106 cm³/mol. The molecule has 0 saturated heterocycles. The van der Waals surface area contributed by atoms with Crippen LogP contribution in [0.4, 0.5) is 10.1 Å². The monoisotopic (exact) mass is 370 g/mol. The van der Waals surface area contributed by atoms with Crippen LogP contribution in [0, 0.1) is 5.82 Å². The van der Waals surface area contributed by atoms with Gasteiger partial charge in [0.15, 0.2) is 0 Å². The molecule has 2 rings (SSSR count). The van der Waals surface area contributed by atoms with Gasteiger partial charge < -0.3 is 10.2 Å². The summed E-state index contributed by atoms with van der Waals surface area (Å²) in [5.74, 6) is -0.587. The van der Waals surface area contributed by atoms with Crippen LogP contribution in [0.15, 0.2) is 48.5 Å². The minimum atomic E-state index is -0.315. The van der Waals surface area contributed by atoms with Gasteiger partial charge in [-0.3, -0.25) is 9.59 Å². The van der Waals surface area contributed by atoms with E-state index in [0.29, 0.717) is 13.1 Å². The third kappa shape index (κ3) is 6.51. The van der Waals surface area contributed by atoms with E-state index in [1.807, 2.05) is 24.3 Å². The van der Waals surface area contributed by atoms with Crippen molar-refractivity contribution in [1.82, 2.24) is 4.90 Å². The van der Waals surface area contributed by atoms with E-state index in [0.717, 1.165) is 11.3 Å². The first kappa shape index (κ1) is 20.6. The van der Waals surface area contributed by atoms with E-state index in [-0.39, 0.29) is 29.5 Å². The molecule has 5 heteroatoms. The number of carbonyl (C=O) groups is 2. The van der Waals surface area contributed by atoms with Crippen LogP contribution in [0.1, 0.15) is 45.2 Å². The largest absolute Gasteiger partial charge is 0.338 e. The number of benzene rings is 2. The third-order valence-corrected chi connectivity index (χ3v) is 4.38. The minimum absolute atomic E-state index is 0.0604. The second kappa shape index (κ2) is 8.80. The molecular formula is C22H27FN2O2. The van der Waals surface area contributed by atoms with Gasteiger partial charge in [0.25, 0.3) is 0 Å². The fourth-order valence-corrected chi connectivity index (χ4v) is 2.67. The normalized spacial score (nSPS) is 11.1. The fourth-order valence-electron chi connectivity index (χ4n) is 2.67. The predicted octanol–water partition coefficient (Wildman–Crippen LogP) is 4.50. The zero-order valence-electron chi connectivity index (χ0n) is 16.4. The molecule has 144 valence electrons. The number of rotatable bonds is 6. The number of halogens is 1. The van der Waals surface area contributed by atoms with E-state index in [2.05, 4.69) is 26.1 Å². The number of hydrogen-bond donors (Lipinski definition) is 1. The summed E-state index contributed by atoms with van der Waals surface area (Å²) < 4.78 is 13.0. The Labute approximate surface area is 160 Å². The summed E-state index contributed by atoms with van der Waals surface area (Å²) in [6.07, 6.45) is 0.196. The van der Waals surface area contributed by atoms with Gasteiger partial charge in [-0.1, -0.05) is 45.0 Å². The third-order valence-electron chi connectivity index (χ3n) is 4.38. The van der Waals surface area contributed by atoms with E-state index in [9.17, 15) is 14.0 Å². The molecule has 0 atom stereocenters. The van der Waals surface area contributed by atoms with Crippen LogP contribution in [0.2, 0.25) is 0 Å². The Morgan fingerprint density at radius 2 is 1.59 bits per heavy atom. The standard InChI is InChI=1S/C22H27FN2O2/c1-16(26)25(15-17-5-9-19(23)10-6-17)14-13-21(27)24-20-11-7-18(8-12-20)22(2,3)4/h5-12H,13-15H2,1-4H3,(H,24,27). The molecule has 0 aromatic heterocycles. The lowest BCUT2D eigenvalue weighted by molar-refractivity contribution is -0.129. The smallest absolute Gasteiger partial charge is 0.226 e. The number of carbonyl (C=O) groups excluding carboxylic acids is 2. The van der Waals surface area contributed by atoms with Gasteiger partial charge in [-0.15, -0.1) is 0 Å². The summed E-state index contributed by atoms with van der Waals surface area (Å²) in [5.41, 5.74) is 2.82. The van der Waals surface area contributed by atoms with Crippen molar-refractivity contribution in [2.45, 2.75) is 46.1 Å². The Bertz CT molecular complexity index is 777. The van der Waals surface area contributed by atoms with E-state index < -0.39 is 0 Å². The summed E-state index contributed by atoms with van der Waals surface area (Å²) in [6.45, 7) is 8.53. The Kier molecular flexibility index (Phi) is 6.72. The number of nitrogens with zero attached hydrogens (tertiary/aromatic N) is 1. The van der Waals surface area contributed by atoms with E-state index in [1.165, 1.54) is 24.6 Å². The highest BCUT2D eigenvalue weighted by Gasteiger charge is 2.14. The molecule has 0 aliphatic carbocycles. The fraction of sp³-hybridized carbons (Fsp3) is 0.364. The molecule has 0 unspecified atom stereocenters. The number of amides is 2. The Morgan fingerprint density at radius 3 is 2.11 bits per heavy atom. The summed E-state index contributed by atoms with van der Waals surface area (Å²) in [7, 11) is 0. The highest BCUT2D eigenvalue weighted by molar-refractivity contribution is 5.91. The maximum atomic E-state index is 13.0. The van der Waals surface area contributed by atoms with Gasteiger partial charge in [0.2, 0.25) is 11.8 Å². The lowest BCUT2D eigenvalue weighted by Gasteiger charge is -2.21. The molecule has 0 aliphatic heterocycles. The molecule has 0 radical (unpaired) electrons. The first-order chi connectivity index (χ1) is 12.6. The topological polar surface area (TPSA) is 49.4 Å². The summed E-state index contributed by atoms with van der Waals surface area (Å²) in [5, 5.41) is 2.86. The lowest BCUT2D eigenvalue weighted by atomic mass is 9.87. The Hall–Kier alpha value is -2.69. The van der Waals surface area contributed by atoms with Crippen molar-refractivity contribution >= 4 is 17.5 Å². The maximum Gasteiger partial charge on any atom is 0.226 e. The molecule has 0 fully saturated rings. The maximum absolute atomic E-state index is 13.0. The second-order valence-electron chi connectivity index (χ2n) is 7.69. The minimum Gasteiger partial charge on any atom is -0.338 e. The molecule has 4 nitrogen and oxygen atoms in total. The first-order valence-electron chi connectivity index (χ1n) is 9.05. The van der Waals surface area contributed by atoms with Gasteiger partial charge in [-0.05, 0) is 40.8 Å². The van der Waals surface area contributed by atoms with Crippen LogP contribution < -0.4 is 5.32 Å². The van der Waals surface area contributed by atoms with Gasteiger partial charge >= 0.3 is 0 Å².